The molecule has 0 rings (SSSR count). The number of carbonyl (C=O) groups is 1. The summed E-state index contributed by atoms with van der Waals surface area (Å²) in [5.74, 6) is 0.209. The van der Waals surface area contributed by atoms with Gasteiger partial charge >= 0.3 is 5.97 Å². The monoisotopic (exact) mass is 322 g/mol. The highest BCUT2D eigenvalue weighted by molar-refractivity contribution is 5.66. The Kier molecular flexibility index (Phi) is 16.5. The minimum atomic E-state index is -0.697. The van der Waals surface area contributed by atoms with Crippen LogP contribution in [0.5, 0.6) is 0 Å². The molecule has 134 valence electrons. The topological polar surface area (TPSA) is 37.3 Å². The van der Waals surface area contributed by atoms with Gasteiger partial charge in [0.15, 0.2) is 0 Å². The molecule has 0 aliphatic carbocycles. The van der Waals surface area contributed by atoms with Crippen molar-refractivity contribution >= 4 is 5.97 Å². The van der Waals surface area contributed by atoms with Gasteiger partial charge in [-0.15, -0.1) is 0 Å². The number of unbranched alkanes of at least 4 members (excludes halogenated alkanes) is 7. The number of hydrogen-bond donors (Lipinski definition) is 1. The molecule has 0 spiro atoms. The zero-order valence-electron chi connectivity index (χ0n) is 15.4. The molecule has 0 fully saturated rings. The van der Waals surface area contributed by atoms with Crippen molar-refractivity contribution in [1.82, 2.24) is 0 Å². The Balaban J connectivity index is 3.22. The molecule has 0 heterocycles. The van der Waals surface area contributed by atoms with Crippen LogP contribution in [0.2, 0.25) is 0 Å². The Morgan fingerprint density at radius 3 is 1.96 bits per heavy atom. The van der Waals surface area contributed by atoms with Gasteiger partial charge in [0.05, 0.1) is 0 Å². The molecule has 1 atom stereocenters. The first-order valence-corrected chi connectivity index (χ1v) is 9.68. The van der Waals surface area contributed by atoms with Crippen LogP contribution in [0.1, 0.15) is 97.3 Å². The summed E-state index contributed by atoms with van der Waals surface area (Å²) in [7, 11) is 0. The van der Waals surface area contributed by atoms with Crippen LogP contribution in [0.4, 0.5) is 0 Å². The summed E-state index contributed by atoms with van der Waals surface area (Å²) in [5.41, 5.74) is 0. The molecule has 0 aliphatic rings. The molecule has 23 heavy (non-hydrogen) atoms. The van der Waals surface area contributed by atoms with Crippen molar-refractivity contribution < 1.29 is 9.90 Å². The molecule has 0 saturated carbocycles. The molecule has 0 aromatic carbocycles. The van der Waals surface area contributed by atoms with Gasteiger partial charge < -0.3 is 5.11 Å². The third-order valence-electron chi connectivity index (χ3n) is 4.36. The van der Waals surface area contributed by atoms with Gasteiger partial charge in [-0.3, -0.25) is 4.79 Å². The van der Waals surface area contributed by atoms with Gasteiger partial charge in [0.1, 0.15) is 0 Å². The Labute approximate surface area is 144 Å². The van der Waals surface area contributed by atoms with E-state index < -0.39 is 5.97 Å². The summed E-state index contributed by atoms with van der Waals surface area (Å²) < 4.78 is 0. The van der Waals surface area contributed by atoms with Gasteiger partial charge in [0.25, 0.3) is 0 Å². The van der Waals surface area contributed by atoms with Crippen LogP contribution < -0.4 is 0 Å². The third kappa shape index (κ3) is 18.9. The maximum Gasteiger partial charge on any atom is 0.303 e. The Morgan fingerprint density at radius 1 is 0.826 bits per heavy atom. The fourth-order valence-corrected chi connectivity index (χ4v) is 2.52. The van der Waals surface area contributed by atoms with Crippen LogP contribution in [0.3, 0.4) is 0 Å². The fourth-order valence-electron chi connectivity index (χ4n) is 2.52. The SMILES string of the molecule is CCC(C)CCCCCCC/C=C\CC/C=C\CCCC(=O)O. The van der Waals surface area contributed by atoms with E-state index in [4.69, 9.17) is 5.11 Å². The molecule has 0 saturated heterocycles. The first kappa shape index (κ1) is 21.9. The summed E-state index contributed by atoms with van der Waals surface area (Å²) in [4.78, 5) is 10.3. The molecule has 0 aromatic rings. The Hall–Kier alpha value is -1.05. The van der Waals surface area contributed by atoms with Crippen LogP contribution in [-0.2, 0) is 4.79 Å². The van der Waals surface area contributed by atoms with E-state index in [1.165, 1.54) is 51.4 Å². The molecule has 0 radical (unpaired) electrons. The van der Waals surface area contributed by atoms with E-state index in [0.717, 1.165) is 31.6 Å². The second-order valence-corrected chi connectivity index (χ2v) is 6.66. The Bertz CT molecular complexity index is 318. The van der Waals surface area contributed by atoms with Gasteiger partial charge in [-0.05, 0) is 44.4 Å². The van der Waals surface area contributed by atoms with Crippen LogP contribution in [0, 0.1) is 5.92 Å². The van der Waals surface area contributed by atoms with Gasteiger partial charge in [-0.25, -0.2) is 0 Å². The summed E-state index contributed by atoms with van der Waals surface area (Å²) in [6.45, 7) is 4.64. The van der Waals surface area contributed by atoms with Gasteiger partial charge in [0, 0.05) is 6.42 Å². The average Bonchev–Trinajstić information content (AvgIpc) is 2.53. The minimum absolute atomic E-state index is 0.280. The van der Waals surface area contributed by atoms with Crippen LogP contribution in [0.15, 0.2) is 24.3 Å². The summed E-state index contributed by atoms with van der Waals surface area (Å²) in [6.07, 6.45) is 23.8. The summed E-state index contributed by atoms with van der Waals surface area (Å²) in [5, 5.41) is 8.52. The molecule has 2 heteroatoms. The van der Waals surface area contributed by atoms with Crippen molar-refractivity contribution in [1.29, 1.82) is 0 Å². The average molecular weight is 323 g/mol. The van der Waals surface area contributed by atoms with Crippen molar-refractivity contribution in [3.05, 3.63) is 24.3 Å². The molecule has 0 amide bonds. The zero-order valence-corrected chi connectivity index (χ0v) is 15.4. The fraction of sp³-hybridized carbons (Fsp3) is 0.762. The van der Waals surface area contributed by atoms with Crippen molar-refractivity contribution in [2.75, 3.05) is 0 Å². The summed E-state index contributed by atoms with van der Waals surface area (Å²) >= 11 is 0. The standard InChI is InChI=1S/C21H38O2/c1-3-20(2)18-16-14-12-10-8-6-4-5-7-9-11-13-15-17-19-21(22)23/h4-5,11,13,20H,3,6-10,12,14-19H2,1-2H3,(H,22,23)/b5-4-,13-11-. The first-order valence-electron chi connectivity index (χ1n) is 9.68. The molecule has 0 bridgehead atoms. The number of hydrogen-bond acceptors (Lipinski definition) is 1. The molecule has 2 nitrogen and oxygen atoms in total. The normalized spacial score (nSPS) is 13.1. The number of carboxylic acid groups (broad SMARTS) is 1. The van der Waals surface area contributed by atoms with Crippen molar-refractivity contribution in [3.63, 3.8) is 0 Å². The molecule has 1 unspecified atom stereocenters. The molecule has 1 N–H and O–H groups in total. The predicted molar refractivity (Wildman–Crippen MR) is 101 cm³/mol. The third-order valence-corrected chi connectivity index (χ3v) is 4.36. The predicted octanol–water partition coefficient (Wildman–Crippen LogP) is 6.91. The molecule has 0 aromatic heterocycles. The second kappa shape index (κ2) is 17.3. The van der Waals surface area contributed by atoms with Crippen LogP contribution in [-0.4, -0.2) is 11.1 Å². The maximum absolute atomic E-state index is 10.3. The Morgan fingerprint density at radius 2 is 1.35 bits per heavy atom. The lowest BCUT2D eigenvalue weighted by molar-refractivity contribution is -0.137. The van der Waals surface area contributed by atoms with E-state index in [2.05, 4.69) is 38.2 Å². The van der Waals surface area contributed by atoms with Crippen LogP contribution >= 0.6 is 0 Å². The highest BCUT2D eigenvalue weighted by Gasteiger charge is 1.97. The maximum atomic E-state index is 10.3. The lowest BCUT2D eigenvalue weighted by Gasteiger charge is -2.07. The highest BCUT2D eigenvalue weighted by atomic mass is 16.4. The lowest BCUT2D eigenvalue weighted by atomic mass is 10.00. The quantitative estimate of drug-likeness (QED) is 0.247. The van der Waals surface area contributed by atoms with Crippen molar-refractivity contribution in [3.8, 4) is 0 Å². The zero-order chi connectivity index (χ0) is 17.2. The van der Waals surface area contributed by atoms with Gasteiger partial charge in [0.2, 0.25) is 0 Å². The molecular formula is C21H38O2. The van der Waals surface area contributed by atoms with Crippen molar-refractivity contribution in [2.45, 2.75) is 97.3 Å². The number of carboxylic acids is 1. The van der Waals surface area contributed by atoms with E-state index >= 15 is 0 Å². The van der Waals surface area contributed by atoms with E-state index in [0.29, 0.717) is 0 Å². The van der Waals surface area contributed by atoms with Gasteiger partial charge in [-0.1, -0.05) is 76.7 Å². The molecule has 0 aliphatic heterocycles. The molecular weight excluding hydrogens is 284 g/mol. The van der Waals surface area contributed by atoms with E-state index in [9.17, 15) is 4.79 Å². The van der Waals surface area contributed by atoms with Crippen molar-refractivity contribution in [2.24, 2.45) is 5.92 Å². The number of allylic oxidation sites excluding steroid dienone is 4. The van der Waals surface area contributed by atoms with E-state index in [1.54, 1.807) is 0 Å². The first-order chi connectivity index (χ1) is 11.2. The largest absolute Gasteiger partial charge is 0.481 e. The van der Waals surface area contributed by atoms with Crippen LogP contribution in [0.25, 0.3) is 0 Å². The highest BCUT2D eigenvalue weighted by Crippen LogP contribution is 2.14. The van der Waals surface area contributed by atoms with Gasteiger partial charge in [-0.2, -0.15) is 0 Å². The number of aliphatic carboxylic acids is 1. The smallest absolute Gasteiger partial charge is 0.303 e. The summed E-state index contributed by atoms with van der Waals surface area (Å²) in [6, 6.07) is 0. The second-order valence-electron chi connectivity index (χ2n) is 6.66. The number of rotatable bonds is 16. The minimum Gasteiger partial charge on any atom is -0.481 e. The van der Waals surface area contributed by atoms with E-state index in [1.807, 2.05) is 0 Å². The van der Waals surface area contributed by atoms with E-state index in [-0.39, 0.29) is 6.42 Å². The lowest BCUT2D eigenvalue weighted by Crippen LogP contribution is -1.92.